The van der Waals surface area contributed by atoms with E-state index in [0.29, 0.717) is 17.2 Å². The normalized spacial score (nSPS) is 11.9. The lowest BCUT2D eigenvalue weighted by atomic mass is 10.2. The molecule has 1 atom stereocenters. The molecule has 1 unspecified atom stereocenters. The smallest absolute Gasteiger partial charge is 0.326 e. The molecule has 0 saturated carbocycles. The number of amides is 1. The van der Waals surface area contributed by atoms with Gasteiger partial charge in [-0.3, -0.25) is 4.79 Å². The number of rotatable bonds is 7. The Bertz CT molecular complexity index is 453. The Labute approximate surface area is 121 Å². The van der Waals surface area contributed by atoms with E-state index in [0.717, 1.165) is 5.56 Å². The predicted octanol–water partition coefficient (Wildman–Crippen LogP) is 2.55. The summed E-state index contributed by atoms with van der Waals surface area (Å²) in [7, 11) is 0. The van der Waals surface area contributed by atoms with Gasteiger partial charge in [0.2, 0.25) is 5.91 Å². The average Bonchev–Trinajstić information content (AvgIpc) is 2.35. The summed E-state index contributed by atoms with van der Waals surface area (Å²) in [5, 5.41) is 12.0. The van der Waals surface area contributed by atoms with E-state index in [1.54, 1.807) is 13.0 Å². The molecule has 0 spiro atoms. The standard InChI is InChI=1S/C13H16ClNO3S/c1-2-11(13(17)18)15-12(16)8-19-7-9-4-3-5-10(14)6-9/h3-6,11H,2,7-8H2,1H3,(H,15,16)(H,17,18). The highest BCUT2D eigenvalue weighted by Gasteiger charge is 2.17. The van der Waals surface area contributed by atoms with E-state index in [2.05, 4.69) is 5.32 Å². The molecule has 4 nitrogen and oxygen atoms in total. The number of carbonyl (C=O) groups excluding carboxylic acids is 1. The Hall–Kier alpha value is -1.20. The van der Waals surface area contributed by atoms with Gasteiger partial charge in [-0.1, -0.05) is 30.7 Å². The van der Waals surface area contributed by atoms with Gasteiger partial charge in [0.1, 0.15) is 6.04 Å². The summed E-state index contributed by atoms with van der Waals surface area (Å²) >= 11 is 7.28. The van der Waals surface area contributed by atoms with E-state index in [4.69, 9.17) is 16.7 Å². The van der Waals surface area contributed by atoms with Crippen LogP contribution in [0.3, 0.4) is 0 Å². The highest BCUT2D eigenvalue weighted by molar-refractivity contribution is 7.99. The number of halogens is 1. The summed E-state index contributed by atoms with van der Waals surface area (Å²) in [6.45, 7) is 1.72. The van der Waals surface area contributed by atoms with Crippen LogP contribution in [-0.2, 0) is 15.3 Å². The molecule has 0 aliphatic rings. The monoisotopic (exact) mass is 301 g/mol. The highest BCUT2D eigenvalue weighted by atomic mass is 35.5. The van der Waals surface area contributed by atoms with Gasteiger partial charge in [-0.2, -0.15) is 0 Å². The maximum atomic E-state index is 11.6. The van der Waals surface area contributed by atoms with Gasteiger partial charge in [-0.05, 0) is 24.1 Å². The first kappa shape index (κ1) is 15.9. The van der Waals surface area contributed by atoms with Crippen molar-refractivity contribution in [2.24, 2.45) is 0 Å². The topological polar surface area (TPSA) is 66.4 Å². The molecule has 0 radical (unpaired) electrons. The molecule has 0 fully saturated rings. The van der Waals surface area contributed by atoms with E-state index >= 15 is 0 Å². The number of carbonyl (C=O) groups is 2. The van der Waals surface area contributed by atoms with Crippen LogP contribution in [0.1, 0.15) is 18.9 Å². The highest BCUT2D eigenvalue weighted by Crippen LogP contribution is 2.16. The SMILES string of the molecule is CCC(NC(=O)CSCc1cccc(Cl)c1)C(=O)O. The lowest BCUT2D eigenvalue weighted by Gasteiger charge is -2.11. The first-order valence-corrected chi connectivity index (χ1v) is 7.40. The lowest BCUT2D eigenvalue weighted by Crippen LogP contribution is -2.41. The minimum absolute atomic E-state index is 0.232. The van der Waals surface area contributed by atoms with Gasteiger partial charge in [0, 0.05) is 10.8 Å². The van der Waals surface area contributed by atoms with Crippen molar-refractivity contribution in [2.45, 2.75) is 25.1 Å². The van der Waals surface area contributed by atoms with Crippen molar-refractivity contribution in [1.29, 1.82) is 0 Å². The number of carboxylic acids is 1. The molecule has 0 aliphatic heterocycles. The fourth-order valence-electron chi connectivity index (χ4n) is 1.46. The van der Waals surface area contributed by atoms with Crippen LogP contribution in [0.2, 0.25) is 5.02 Å². The second-order valence-electron chi connectivity index (χ2n) is 3.99. The van der Waals surface area contributed by atoms with Gasteiger partial charge in [0.05, 0.1) is 5.75 Å². The number of hydrogen-bond acceptors (Lipinski definition) is 3. The summed E-state index contributed by atoms with van der Waals surface area (Å²) in [6, 6.07) is 6.62. The molecule has 1 rings (SSSR count). The second kappa shape index (κ2) is 8.07. The van der Waals surface area contributed by atoms with Crippen molar-refractivity contribution in [2.75, 3.05) is 5.75 Å². The van der Waals surface area contributed by atoms with Gasteiger partial charge >= 0.3 is 5.97 Å². The molecule has 19 heavy (non-hydrogen) atoms. The second-order valence-corrected chi connectivity index (χ2v) is 5.41. The van der Waals surface area contributed by atoms with Gasteiger partial charge in [-0.15, -0.1) is 11.8 Å². The van der Waals surface area contributed by atoms with E-state index in [1.807, 2.05) is 18.2 Å². The maximum absolute atomic E-state index is 11.6. The Morgan fingerprint density at radius 1 is 1.47 bits per heavy atom. The van der Waals surface area contributed by atoms with Crippen molar-refractivity contribution < 1.29 is 14.7 Å². The molecular weight excluding hydrogens is 286 g/mol. The molecule has 6 heteroatoms. The zero-order valence-electron chi connectivity index (χ0n) is 10.6. The average molecular weight is 302 g/mol. The third-order valence-electron chi connectivity index (χ3n) is 2.43. The molecule has 1 amide bonds. The van der Waals surface area contributed by atoms with Crippen LogP contribution in [0.15, 0.2) is 24.3 Å². The quantitative estimate of drug-likeness (QED) is 0.812. The molecular formula is C13H16ClNO3S. The number of aliphatic carboxylic acids is 1. The van der Waals surface area contributed by atoms with Crippen molar-refractivity contribution in [3.05, 3.63) is 34.9 Å². The van der Waals surface area contributed by atoms with Crippen LogP contribution < -0.4 is 5.32 Å². The first-order valence-electron chi connectivity index (χ1n) is 5.87. The Morgan fingerprint density at radius 2 is 2.21 bits per heavy atom. The van der Waals surface area contributed by atoms with Gasteiger partial charge in [0.15, 0.2) is 0 Å². The summed E-state index contributed by atoms with van der Waals surface area (Å²) in [4.78, 5) is 22.3. The van der Waals surface area contributed by atoms with Crippen molar-refractivity contribution in [1.82, 2.24) is 5.32 Å². The van der Waals surface area contributed by atoms with Crippen LogP contribution >= 0.6 is 23.4 Å². The Morgan fingerprint density at radius 3 is 2.79 bits per heavy atom. The minimum Gasteiger partial charge on any atom is -0.480 e. The van der Waals surface area contributed by atoms with Crippen LogP contribution in [-0.4, -0.2) is 28.8 Å². The molecule has 0 aromatic heterocycles. The summed E-state index contributed by atoms with van der Waals surface area (Å²) in [5.41, 5.74) is 1.04. The predicted molar refractivity (Wildman–Crippen MR) is 77.5 cm³/mol. The van der Waals surface area contributed by atoms with Crippen molar-refractivity contribution in [3.8, 4) is 0 Å². The zero-order chi connectivity index (χ0) is 14.3. The number of nitrogens with one attached hydrogen (secondary N) is 1. The molecule has 0 bridgehead atoms. The molecule has 0 heterocycles. The number of thioether (sulfide) groups is 1. The van der Waals surface area contributed by atoms with Crippen LogP contribution in [0.25, 0.3) is 0 Å². The number of benzene rings is 1. The zero-order valence-corrected chi connectivity index (χ0v) is 12.1. The third kappa shape index (κ3) is 5.98. The minimum atomic E-state index is -1.00. The summed E-state index contributed by atoms with van der Waals surface area (Å²) in [5.74, 6) is -0.370. The van der Waals surface area contributed by atoms with Gasteiger partial charge < -0.3 is 10.4 Å². The third-order valence-corrected chi connectivity index (χ3v) is 3.67. The Kier molecular flexibility index (Phi) is 6.73. The fraction of sp³-hybridized carbons (Fsp3) is 0.385. The molecule has 1 aromatic rings. The van der Waals surface area contributed by atoms with E-state index in [1.165, 1.54) is 11.8 Å². The molecule has 2 N–H and O–H groups in total. The maximum Gasteiger partial charge on any atom is 0.326 e. The van der Waals surface area contributed by atoms with Crippen molar-refractivity contribution >= 4 is 35.2 Å². The van der Waals surface area contributed by atoms with Crippen LogP contribution in [0, 0.1) is 0 Å². The molecule has 104 valence electrons. The molecule has 0 saturated heterocycles. The largest absolute Gasteiger partial charge is 0.480 e. The number of hydrogen-bond donors (Lipinski definition) is 2. The molecule has 0 aliphatic carbocycles. The van der Waals surface area contributed by atoms with Crippen molar-refractivity contribution in [3.63, 3.8) is 0 Å². The fourth-order valence-corrected chi connectivity index (χ4v) is 2.46. The lowest BCUT2D eigenvalue weighted by molar-refractivity contribution is -0.141. The summed E-state index contributed by atoms with van der Waals surface area (Å²) < 4.78 is 0. The van der Waals surface area contributed by atoms with Gasteiger partial charge in [0.25, 0.3) is 0 Å². The van der Waals surface area contributed by atoms with Crippen LogP contribution in [0.5, 0.6) is 0 Å². The van der Waals surface area contributed by atoms with E-state index in [-0.39, 0.29) is 11.7 Å². The first-order chi connectivity index (χ1) is 9.02. The summed E-state index contributed by atoms with van der Waals surface area (Å²) in [6.07, 6.45) is 0.375. The van der Waals surface area contributed by atoms with E-state index in [9.17, 15) is 9.59 Å². The van der Waals surface area contributed by atoms with E-state index < -0.39 is 12.0 Å². The number of carboxylic acid groups (broad SMARTS) is 1. The van der Waals surface area contributed by atoms with Crippen LogP contribution in [0.4, 0.5) is 0 Å². The van der Waals surface area contributed by atoms with Gasteiger partial charge in [-0.25, -0.2) is 4.79 Å². The Balaban J connectivity index is 2.33. The molecule has 1 aromatic carbocycles.